The zero-order chi connectivity index (χ0) is 16.7. The highest BCUT2D eigenvalue weighted by Crippen LogP contribution is 2.31. The van der Waals surface area contributed by atoms with Crippen LogP contribution in [0.5, 0.6) is 11.5 Å². The number of para-hydroxylation sites is 1. The van der Waals surface area contributed by atoms with Crippen LogP contribution in [0, 0.1) is 12.8 Å². The number of benzene rings is 2. The molecule has 0 saturated heterocycles. The normalized spacial score (nSPS) is 10.8. The van der Waals surface area contributed by atoms with Crippen molar-refractivity contribution in [3.63, 3.8) is 0 Å². The maximum absolute atomic E-state index is 5.97. The molecule has 0 radical (unpaired) electrons. The molecule has 0 spiro atoms. The van der Waals surface area contributed by atoms with E-state index in [9.17, 15) is 0 Å². The second-order valence-corrected chi connectivity index (χ2v) is 6.24. The van der Waals surface area contributed by atoms with Crippen molar-refractivity contribution in [2.45, 2.75) is 33.9 Å². The van der Waals surface area contributed by atoms with E-state index in [-0.39, 0.29) is 0 Å². The molecule has 0 amide bonds. The van der Waals surface area contributed by atoms with Gasteiger partial charge in [0, 0.05) is 18.7 Å². The fourth-order valence-corrected chi connectivity index (χ4v) is 2.32. The van der Waals surface area contributed by atoms with Gasteiger partial charge in [-0.2, -0.15) is 0 Å². The summed E-state index contributed by atoms with van der Waals surface area (Å²) in [5, 5.41) is 3.48. The standard InChI is InChI=1S/C20H27NO2/c1-15(2)14-23-20-18(6-5-7-19(20)22-4)13-21-12-17-10-8-16(3)9-11-17/h5-11,15,21H,12-14H2,1-4H3. The third-order valence-electron chi connectivity index (χ3n) is 3.61. The summed E-state index contributed by atoms with van der Waals surface area (Å²) in [6, 6.07) is 14.6. The largest absolute Gasteiger partial charge is 0.493 e. The lowest BCUT2D eigenvalue weighted by Gasteiger charge is -2.17. The number of ether oxygens (including phenoxy) is 2. The van der Waals surface area contributed by atoms with Gasteiger partial charge in [0.05, 0.1) is 13.7 Å². The van der Waals surface area contributed by atoms with Crippen molar-refractivity contribution < 1.29 is 9.47 Å². The van der Waals surface area contributed by atoms with Gasteiger partial charge >= 0.3 is 0 Å². The highest BCUT2D eigenvalue weighted by Gasteiger charge is 2.11. The summed E-state index contributed by atoms with van der Waals surface area (Å²) >= 11 is 0. The Bertz CT molecular complexity index is 606. The van der Waals surface area contributed by atoms with Gasteiger partial charge in [0.25, 0.3) is 0 Å². The van der Waals surface area contributed by atoms with Crippen LogP contribution >= 0.6 is 0 Å². The van der Waals surface area contributed by atoms with E-state index in [4.69, 9.17) is 9.47 Å². The van der Waals surface area contributed by atoms with Crippen molar-refractivity contribution >= 4 is 0 Å². The first kappa shape index (κ1) is 17.4. The Morgan fingerprint density at radius 2 is 1.74 bits per heavy atom. The molecule has 2 rings (SSSR count). The van der Waals surface area contributed by atoms with Gasteiger partial charge < -0.3 is 14.8 Å². The van der Waals surface area contributed by atoms with E-state index in [0.717, 1.165) is 30.2 Å². The molecule has 0 saturated carbocycles. The predicted molar refractivity (Wildman–Crippen MR) is 95.0 cm³/mol. The molecule has 0 atom stereocenters. The van der Waals surface area contributed by atoms with Crippen molar-refractivity contribution in [1.29, 1.82) is 0 Å². The van der Waals surface area contributed by atoms with Gasteiger partial charge in [-0.3, -0.25) is 0 Å². The summed E-state index contributed by atoms with van der Waals surface area (Å²) < 4.78 is 11.4. The lowest BCUT2D eigenvalue weighted by Crippen LogP contribution is -2.15. The van der Waals surface area contributed by atoms with E-state index in [1.807, 2.05) is 12.1 Å². The first-order valence-electron chi connectivity index (χ1n) is 8.15. The minimum atomic E-state index is 0.480. The first-order valence-corrected chi connectivity index (χ1v) is 8.15. The second kappa shape index (κ2) is 8.59. The van der Waals surface area contributed by atoms with Crippen LogP contribution in [0.25, 0.3) is 0 Å². The molecule has 0 aromatic heterocycles. The Hall–Kier alpha value is -2.00. The van der Waals surface area contributed by atoms with E-state index in [1.165, 1.54) is 11.1 Å². The predicted octanol–water partition coefficient (Wildman–Crippen LogP) is 4.33. The maximum atomic E-state index is 5.97. The highest BCUT2D eigenvalue weighted by molar-refractivity contribution is 5.46. The molecule has 0 aliphatic heterocycles. The molecular formula is C20H27NO2. The maximum Gasteiger partial charge on any atom is 0.165 e. The van der Waals surface area contributed by atoms with Gasteiger partial charge in [0.2, 0.25) is 0 Å². The fourth-order valence-electron chi connectivity index (χ4n) is 2.32. The first-order chi connectivity index (χ1) is 11.1. The number of hydrogen-bond donors (Lipinski definition) is 1. The van der Waals surface area contributed by atoms with Crippen LogP contribution in [0.15, 0.2) is 42.5 Å². The lowest BCUT2D eigenvalue weighted by molar-refractivity contribution is 0.254. The van der Waals surface area contributed by atoms with Crippen molar-refractivity contribution in [1.82, 2.24) is 5.32 Å². The SMILES string of the molecule is COc1cccc(CNCc2ccc(C)cc2)c1OCC(C)C. The quantitative estimate of drug-likeness (QED) is 0.787. The molecule has 0 aliphatic rings. The summed E-state index contributed by atoms with van der Waals surface area (Å²) in [6.07, 6.45) is 0. The average Bonchev–Trinajstić information content (AvgIpc) is 2.55. The minimum Gasteiger partial charge on any atom is -0.493 e. The number of rotatable bonds is 8. The zero-order valence-corrected chi connectivity index (χ0v) is 14.6. The molecule has 124 valence electrons. The molecule has 2 aromatic carbocycles. The topological polar surface area (TPSA) is 30.5 Å². The Balaban J connectivity index is 2.01. The molecule has 3 nitrogen and oxygen atoms in total. The number of methoxy groups -OCH3 is 1. The summed E-state index contributed by atoms with van der Waals surface area (Å²) in [6.45, 7) is 8.66. The van der Waals surface area contributed by atoms with Crippen LogP contribution in [0.1, 0.15) is 30.5 Å². The van der Waals surface area contributed by atoms with Gasteiger partial charge in [0.1, 0.15) is 0 Å². The van der Waals surface area contributed by atoms with Gasteiger partial charge in [-0.05, 0) is 24.5 Å². The van der Waals surface area contributed by atoms with Crippen LogP contribution in [-0.4, -0.2) is 13.7 Å². The van der Waals surface area contributed by atoms with E-state index < -0.39 is 0 Å². The molecule has 0 unspecified atom stereocenters. The van der Waals surface area contributed by atoms with E-state index in [2.05, 4.69) is 56.4 Å². The Morgan fingerprint density at radius 1 is 1.00 bits per heavy atom. The molecule has 0 heterocycles. The Labute approximate surface area is 139 Å². The van der Waals surface area contributed by atoms with E-state index in [1.54, 1.807) is 7.11 Å². The minimum absolute atomic E-state index is 0.480. The molecule has 1 N–H and O–H groups in total. The smallest absolute Gasteiger partial charge is 0.165 e. The third-order valence-corrected chi connectivity index (χ3v) is 3.61. The van der Waals surface area contributed by atoms with Gasteiger partial charge in [0.15, 0.2) is 11.5 Å². The molecule has 23 heavy (non-hydrogen) atoms. The lowest BCUT2D eigenvalue weighted by atomic mass is 10.1. The van der Waals surface area contributed by atoms with Crippen LogP contribution in [0.2, 0.25) is 0 Å². The van der Waals surface area contributed by atoms with E-state index >= 15 is 0 Å². The Morgan fingerprint density at radius 3 is 2.39 bits per heavy atom. The molecule has 2 aromatic rings. The number of hydrogen-bond acceptors (Lipinski definition) is 3. The molecule has 0 bridgehead atoms. The summed E-state index contributed by atoms with van der Waals surface area (Å²) in [5.74, 6) is 2.12. The summed E-state index contributed by atoms with van der Waals surface area (Å²) in [4.78, 5) is 0. The summed E-state index contributed by atoms with van der Waals surface area (Å²) in [7, 11) is 1.68. The summed E-state index contributed by atoms with van der Waals surface area (Å²) in [5.41, 5.74) is 3.69. The van der Waals surface area contributed by atoms with E-state index in [0.29, 0.717) is 12.5 Å². The second-order valence-electron chi connectivity index (χ2n) is 6.24. The van der Waals surface area contributed by atoms with Gasteiger partial charge in [-0.1, -0.05) is 55.8 Å². The Kier molecular flexibility index (Phi) is 6.48. The fraction of sp³-hybridized carbons (Fsp3) is 0.400. The average molecular weight is 313 g/mol. The van der Waals surface area contributed by atoms with Crippen molar-refractivity contribution in [3.8, 4) is 11.5 Å². The van der Waals surface area contributed by atoms with Crippen LogP contribution in [0.3, 0.4) is 0 Å². The molecule has 0 fully saturated rings. The van der Waals surface area contributed by atoms with Gasteiger partial charge in [-0.25, -0.2) is 0 Å². The number of aryl methyl sites for hydroxylation is 1. The van der Waals surface area contributed by atoms with Crippen molar-refractivity contribution in [3.05, 3.63) is 59.2 Å². The van der Waals surface area contributed by atoms with Crippen molar-refractivity contribution in [2.75, 3.05) is 13.7 Å². The molecule has 0 aliphatic carbocycles. The molecule has 3 heteroatoms. The number of nitrogens with one attached hydrogen (secondary N) is 1. The zero-order valence-electron chi connectivity index (χ0n) is 14.6. The van der Waals surface area contributed by atoms with Crippen molar-refractivity contribution in [2.24, 2.45) is 5.92 Å². The third kappa shape index (κ3) is 5.29. The van der Waals surface area contributed by atoms with Crippen LogP contribution < -0.4 is 14.8 Å². The monoisotopic (exact) mass is 313 g/mol. The van der Waals surface area contributed by atoms with Gasteiger partial charge in [-0.15, -0.1) is 0 Å². The molecular weight excluding hydrogens is 286 g/mol. The van der Waals surface area contributed by atoms with Crippen LogP contribution in [-0.2, 0) is 13.1 Å². The van der Waals surface area contributed by atoms with Crippen LogP contribution in [0.4, 0.5) is 0 Å². The highest BCUT2D eigenvalue weighted by atomic mass is 16.5.